The molecule has 0 bridgehead atoms. The first-order chi connectivity index (χ1) is 13.7. The Hall–Kier alpha value is -3.19. The third-order valence-corrected chi connectivity index (χ3v) is 5.29. The SMILES string of the molecule is COc1ccccc1CCNC(=O)c1csc2nc(-c3ccc(F)cc3)cn12. The van der Waals surface area contributed by atoms with Crippen molar-refractivity contribution in [3.63, 3.8) is 0 Å². The summed E-state index contributed by atoms with van der Waals surface area (Å²) in [6.45, 7) is 0.496. The zero-order chi connectivity index (χ0) is 19.5. The highest BCUT2D eigenvalue weighted by Crippen LogP contribution is 2.24. The number of hydrogen-bond acceptors (Lipinski definition) is 4. The molecule has 1 N–H and O–H groups in total. The molecule has 7 heteroatoms. The van der Waals surface area contributed by atoms with Crippen LogP contribution >= 0.6 is 11.3 Å². The van der Waals surface area contributed by atoms with Gasteiger partial charge in [-0.25, -0.2) is 9.37 Å². The summed E-state index contributed by atoms with van der Waals surface area (Å²) < 4.78 is 20.2. The van der Waals surface area contributed by atoms with E-state index in [1.165, 1.54) is 23.5 Å². The number of amides is 1. The summed E-state index contributed by atoms with van der Waals surface area (Å²) in [5.74, 6) is 0.359. The van der Waals surface area contributed by atoms with Gasteiger partial charge in [0.2, 0.25) is 0 Å². The van der Waals surface area contributed by atoms with E-state index in [1.54, 1.807) is 35.2 Å². The predicted octanol–water partition coefficient (Wildman–Crippen LogP) is 4.18. The molecule has 0 aliphatic heterocycles. The Morgan fingerprint density at radius 1 is 1.21 bits per heavy atom. The van der Waals surface area contributed by atoms with Crippen LogP contribution in [0.15, 0.2) is 60.1 Å². The van der Waals surface area contributed by atoms with Crippen LogP contribution in [-0.4, -0.2) is 28.9 Å². The van der Waals surface area contributed by atoms with Crippen molar-refractivity contribution in [2.24, 2.45) is 0 Å². The Morgan fingerprint density at radius 2 is 2.00 bits per heavy atom. The topological polar surface area (TPSA) is 55.6 Å². The molecule has 4 rings (SSSR count). The number of thiazole rings is 1. The van der Waals surface area contributed by atoms with Crippen molar-refractivity contribution in [1.82, 2.24) is 14.7 Å². The maximum absolute atomic E-state index is 13.1. The predicted molar refractivity (Wildman–Crippen MR) is 107 cm³/mol. The van der Waals surface area contributed by atoms with E-state index in [-0.39, 0.29) is 11.7 Å². The van der Waals surface area contributed by atoms with Gasteiger partial charge in [-0.05, 0) is 42.3 Å². The maximum Gasteiger partial charge on any atom is 0.269 e. The number of aromatic nitrogens is 2. The van der Waals surface area contributed by atoms with Crippen LogP contribution in [-0.2, 0) is 6.42 Å². The van der Waals surface area contributed by atoms with Gasteiger partial charge in [0, 0.05) is 23.7 Å². The Bertz CT molecular complexity index is 1120. The second kappa shape index (κ2) is 7.82. The molecular formula is C21H18FN3O2S. The van der Waals surface area contributed by atoms with E-state index in [9.17, 15) is 9.18 Å². The fourth-order valence-electron chi connectivity index (χ4n) is 3.02. The zero-order valence-electron chi connectivity index (χ0n) is 15.2. The summed E-state index contributed by atoms with van der Waals surface area (Å²) in [5.41, 5.74) is 3.08. The summed E-state index contributed by atoms with van der Waals surface area (Å²) in [4.78, 5) is 17.9. The van der Waals surface area contributed by atoms with Crippen molar-refractivity contribution in [3.05, 3.63) is 77.2 Å². The number of hydrogen-bond donors (Lipinski definition) is 1. The Balaban J connectivity index is 1.47. The lowest BCUT2D eigenvalue weighted by atomic mass is 10.1. The molecule has 0 unspecified atom stereocenters. The van der Waals surface area contributed by atoms with Crippen molar-refractivity contribution in [2.45, 2.75) is 6.42 Å². The zero-order valence-corrected chi connectivity index (χ0v) is 16.0. The number of nitrogens with one attached hydrogen (secondary N) is 1. The van der Waals surface area contributed by atoms with Gasteiger partial charge in [-0.3, -0.25) is 9.20 Å². The quantitative estimate of drug-likeness (QED) is 0.533. The minimum absolute atomic E-state index is 0.163. The first-order valence-corrected chi connectivity index (χ1v) is 9.66. The lowest BCUT2D eigenvalue weighted by molar-refractivity contribution is 0.0948. The van der Waals surface area contributed by atoms with Crippen LogP contribution in [0.1, 0.15) is 16.1 Å². The van der Waals surface area contributed by atoms with Crippen molar-refractivity contribution in [3.8, 4) is 17.0 Å². The van der Waals surface area contributed by atoms with Crippen LogP contribution in [0.3, 0.4) is 0 Å². The molecule has 0 aliphatic rings. The van der Waals surface area contributed by atoms with Gasteiger partial charge in [0.05, 0.1) is 12.8 Å². The number of para-hydroxylation sites is 1. The molecule has 4 aromatic rings. The van der Waals surface area contributed by atoms with Crippen molar-refractivity contribution >= 4 is 22.2 Å². The minimum atomic E-state index is -0.292. The third kappa shape index (κ3) is 3.61. The molecule has 2 aromatic heterocycles. The summed E-state index contributed by atoms with van der Waals surface area (Å²) >= 11 is 1.39. The molecule has 2 heterocycles. The molecule has 142 valence electrons. The lowest BCUT2D eigenvalue weighted by Crippen LogP contribution is -2.26. The summed E-state index contributed by atoms with van der Waals surface area (Å²) in [6.07, 6.45) is 2.47. The standard InChI is InChI=1S/C21H18FN3O2S/c1-27-19-5-3-2-4-15(19)10-11-23-20(26)18-13-28-21-24-17(12-25(18)21)14-6-8-16(22)9-7-14/h2-9,12-13H,10-11H2,1H3,(H,23,26). The summed E-state index contributed by atoms with van der Waals surface area (Å²) in [7, 11) is 1.64. The van der Waals surface area contributed by atoms with Crippen molar-refractivity contribution in [2.75, 3.05) is 13.7 Å². The fraction of sp³-hybridized carbons (Fsp3) is 0.143. The minimum Gasteiger partial charge on any atom is -0.496 e. The van der Waals surface area contributed by atoms with Gasteiger partial charge in [-0.1, -0.05) is 18.2 Å². The lowest BCUT2D eigenvalue weighted by Gasteiger charge is -2.08. The van der Waals surface area contributed by atoms with E-state index >= 15 is 0 Å². The first kappa shape index (κ1) is 18.2. The molecule has 0 aliphatic carbocycles. The number of carbonyl (C=O) groups is 1. The molecule has 5 nitrogen and oxygen atoms in total. The summed E-state index contributed by atoms with van der Waals surface area (Å²) in [6, 6.07) is 13.9. The van der Waals surface area contributed by atoms with E-state index < -0.39 is 0 Å². The Morgan fingerprint density at radius 3 is 2.79 bits per heavy atom. The molecule has 1 amide bonds. The van der Waals surface area contributed by atoms with E-state index in [1.807, 2.05) is 24.3 Å². The van der Waals surface area contributed by atoms with Crippen LogP contribution in [0, 0.1) is 5.82 Å². The molecule has 0 saturated heterocycles. The number of fused-ring (bicyclic) bond motifs is 1. The molecule has 0 radical (unpaired) electrons. The number of methoxy groups -OCH3 is 1. The first-order valence-electron chi connectivity index (χ1n) is 8.78. The fourth-order valence-corrected chi connectivity index (χ4v) is 3.87. The van der Waals surface area contributed by atoms with Crippen molar-refractivity contribution < 1.29 is 13.9 Å². The van der Waals surface area contributed by atoms with E-state index in [4.69, 9.17) is 4.74 Å². The van der Waals surface area contributed by atoms with Gasteiger partial charge in [0.15, 0.2) is 4.96 Å². The average Bonchev–Trinajstić information content (AvgIpc) is 3.29. The van der Waals surface area contributed by atoms with Crippen molar-refractivity contribution in [1.29, 1.82) is 0 Å². The van der Waals surface area contributed by atoms with Crippen LogP contribution in [0.5, 0.6) is 5.75 Å². The second-order valence-corrected chi connectivity index (χ2v) is 7.06. The second-order valence-electron chi connectivity index (χ2n) is 6.22. The molecule has 2 aromatic carbocycles. The number of nitrogens with zero attached hydrogens (tertiary/aromatic N) is 2. The number of carbonyl (C=O) groups excluding carboxylic acids is 1. The van der Waals surface area contributed by atoms with Crippen LogP contribution in [0.25, 0.3) is 16.2 Å². The highest BCUT2D eigenvalue weighted by atomic mass is 32.1. The van der Waals surface area contributed by atoms with Gasteiger partial charge in [-0.15, -0.1) is 11.3 Å². The van der Waals surface area contributed by atoms with Crippen LogP contribution in [0.4, 0.5) is 4.39 Å². The van der Waals surface area contributed by atoms with Gasteiger partial charge < -0.3 is 10.1 Å². The van der Waals surface area contributed by atoms with Gasteiger partial charge in [0.25, 0.3) is 5.91 Å². The maximum atomic E-state index is 13.1. The molecule has 0 atom stereocenters. The van der Waals surface area contributed by atoms with Gasteiger partial charge in [0.1, 0.15) is 17.3 Å². The highest BCUT2D eigenvalue weighted by molar-refractivity contribution is 7.15. The molecule has 0 spiro atoms. The van der Waals surface area contributed by atoms with Gasteiger partial charge in [-0.2, -0.15) is 0 Å². The Labute approximate surface area is 165 Å². The molecule has 28 heavy (non-hydrogen) atoms. The van der Waals surface area contributed by atoms with E-state index in [0.29, 0.717) is 29.3 Å². The smallest absolute Gasteiger partial charge is 0.269 e. The number of ether oxygens (including phenoxy) is 1. The van der Waals surface area contributed by atoms with E-state index in [0.717, 1.165) is 16.9 Å². The Kier molecular flexibility index (Phi) is 5.08. The largest absolute Gasteiger partial charge is 0.496 e. The van der Waals surface area contributed by atoms with Crippen LogP contribution < -0.4 is 10.1 Å². The monoisotopic (exact) mass is 395 g/mol. The number of imidazole rings is 1. The highest BCUT2D eigenvalue weighted by Gasteiger charge is 2.15. The van der Waals surface area contributed by atoms with Crippen LogP contribution in [0.2, 0.25) is 0 Å². The van der Waals surface area contributed by atoms with E-state index in [2.05, 4.69) is 10.3 Å². The number of rotatable bonds is 6. The normalized spacial score (nSPS) is 10.9. The summed E-state index contributed by atoms with van der Waals surface area (Å²) in [5, 5.41) is 4.73. The number of benzene rings is 2. The molecule has 0 saturated carbocycles. The number of halogens is 1. The molecule has 0 fully saturated rings. The third-order valence-electron chi connectivity index (χ3n) is 4.45. The molecular weight excluding hydrogens is 377 g/mol. The van der Waals surface area contributed by atoms with Gasteiger partial charge >= 0.3 is 0 Å². The average molecular weight is 395 g/mol.